The van der Waals surface area contributed by atoms with Crippen molar-refractivity contribution in [2.75, 3.05) is 11.9 Å². The maximum atomic E-state index is 12.8. The van der Waals surface area contributed by atoms with Crippen LogP contribution in [0.1, 0.15) is 6.92 Å². The van der Waals surface area contributed by atoms with E-state index in [0.717, 1.165) is 6.92 Å². The molecule has 6 heteroatoms. The summed E-state index contributed by atoms with van der Waals surface area (Å²) in [5.41, 5.74) is -1.90. The topological polar surface area (TPSA) is 43.4 Å². The van der Waals surface area contributed by atoms with Gasteiger partial charge in [0.1, 0.15) is 5.75 Å². The van der Waals surface area contributed by atoms with E-state index >= 15 is 0 Å². The van der Waals surface area contributed by atoms with Crippen molar-refractivity contribution in [3.05, 3.63) is 24.3 Å². The normalized spacial score (nSPS) is 13.4. The second kappa shape index (κ2) is 5.63. The molecule has 0 saturated carbocycles. The number of benzene rings is 1. The molecule has 1 aromatic carbocycles. The van der Waals surface area contributed by atoms with Crippen LogP contribution in [0.3, 0.4) is 0 Å². The number of halogens is 2. The van der Waals surface area contributed by atoms with Crippen LogP contribution >= 0.6 is 15.9 Å². The van der Waals surface area contributed by atoms with Gasteiger partial charge in [0.25, 0.3) is 0 Å². The fraction of sp³-hybridized carbons (Fsp3) is 0.400. The third-order valence-electron chi connectivity index (χ3n) is 1.93. The summed E-state index contributed by atoms with van der Waals surface area (Å²) < 4.78 is 41.0. The summed E-state index contributed by atoms with van der Waals surface area (Å²) in [6, 6.07) is 5.71. The van der Waals surface area contributed by atoms with E-state index in [4.69, 9.17) is 4.74 Å². The lowest BCUT2D eigenvalue weighted by Crippen LogP contribution is -2.12. The highest BCUT2D eigenvalue weighted by Gasteiger charge is 2.22. The molecule has 0 fully saturated rings. The van der Waals surface area contributed by atoms with Crippen LogP contribution in [0, 0.1) is 0 Å². The van der Waals surface area contributed by atoms with E-state index < -0.39 is 15.3 Å². The first kappa shape index (κ1) is 13.4. The molecule has 0 saturated heterocycles. The van der Waals surface area contributed by atoms with Crippen molar-refractivity contribution >= 4 is 25.8 Å². The van der Waals surface area contributed by atoms with Gasteiger partial charge in [-0.2, -0.15) is 0 Å². The third-order valence-corrected chi connectivity index (χ3v) is 4.03. The smallest absolute Gasteiger partial charge is 0.210 e. The van der Waals surface area contributed by atoms with E-state index in [9.17, 15) is 12.8 Å². The number of ether oxygens (including phenoxy) is 1. The first-order valence-corrected chi connectivity index (χ1v) is 7.32. The maximum Gasteiger partial charge on any atom is 0.210 e. The summed E-state index contributed by atoms with van der Waals surface area (Å²) in [6.45, 7) is 1.50. The van der Waals surface area contributed by atoms with Crippen LogP contribution in [0.5, 0.6) is 5.75 Å². The molecule has 0 radical (unpaired) electrons. The van der Waals surface area contributed by atoms with Crippen LogP contribution in [0.4, 0.5) is 4.39 Å². The quantitative estimate of drug-likeness (QED) is 0.785. The Labute approximate surface area is 103 Å². The monoisotopic (exact) mass is 310 g/mol. The molecule has 16 heavy (non-hydrogen) atoms. The second-order valence-electron chi connectivity index (χ2n) is 3.10. The van der Waals surface area contributed by atoms with Gasteiger partial charge in [-0.1, -0.05) is 15.9 Å². The van der Waals surface area contributed by atoms with Gasteiger partial charge in [-0.3, -0.25) is 0 Å². The SMILES string of the molecule is CC(F)S(=O)(=O)c1ccc(OCCBr)cc1. The van der Waals surface area contributed by atoms with E-state index in [1.165, 1.54) is 24.3 Å². The molecule has 1 aromatic rings. The van der Waals surface area contributed by atoms with E-state index in [-0.39, 0.29) is 4.90 Å². The molecule has 0 aliphatic rings. The van der Waals surface area contributed by atoms with Gasteiger partial charge in [-0.05, 0) is 31.2 Å². The van der Waals surface area contributed by atoms with Gasteiger partial charge >= 0.3 is 0 Å². The predicted molar refractivity (Wildman–Crippen MR) is 63.5 cm³/mol. The first-order chi connectivity index (χ1) is 7.48. The molecule has 0 aromatic heterocycles. The first-order valence-electron chi connectivity index (χ1n) is 4.65. The maximum absolute atomic E-state index is 12.8. The Balaban J connectivity index is 2.87. The Hall–Kier alpha value is -0.620. The molecule has 0 bridgehead atoms. The van der Waals surface area contributed by atoms with Gasteiger partial charge < -0.3 is 4.74 Å². The summed E-state index contributed by atoms with van der Waals surface area (Å²) in [5.74, 6) is 0.560. The van der Waals surface area contributed by atoms with Crippen LogP contribution < -0.4 is 4.74 Å². The van der Waals surface area contributed by atoms with E-state index in [1.807, 2.05) is 0 Å². The summed E-state index contributed by atoms with van der Waals surface area (Å²) in [6.07, 6.45) is 0. The zero-order chi connectivity index (χ0) is 12.2. The van der Waals surface area contributed by atoms with Gasteiger partial charge in [0, 0.05) is 5.33 Å². The summed E-state index contributed by atoms with van der Waals surface area (Å²) in [7, 11) is -3.85. The predicted octanol–water partition coefficient (Wildman–Crippen LogP) is 2.55. The summed E-state index contributed by atoms with van der Waals surface area (Å²) in [5, 5.41) is 0.689. The fourth-order valence-corrected chi connectivity index (χ4v) is 2.12. The van der Waals surface area contributed by atoms with Gasteiger partial charge in [-0.25, -0.2) is 12.8 Å². The van der Waals surface area contributed by atoms with Crippen molar-refractivity contribution in [2.24, 2.45) is 0 Å². The molecule has 0 aliphatic carbocycles. The highest BCUT2D eigenvalue weighted by atomic mass is 79.9. The lowest BCUT2D eigenvalue weighted by molar-refractivity contribution is 0.345. The highest BCUT2D eigenvalue weighted by molar-refractivity contribution is 9.09. The average Bonchev–Trinajstić information content (AvgIpc) is 2.26. The third kappa shape index (κ3) is 3.18. The molecule has 0 heterocycles. The van der Waals surface area contributed by atoms with Gasteiger partial charge in [0.05, 0.1) is 11.5 Å². The van der Waals surface area contributed by atoms with Crippen LogP contribution in [-0.4, -0.2) is 25.9 Å². The number of sulfone groups is 1. The lowest BCUT2D eigenvalue weighted by atomic mass is 10.3. The lowest BCUT2D eigenvalue weighted by Gasteiger charge is -2.07. The Morgan fingerprint density at radius 1 is 1.38 bits per heavy atom. The second-order valence-corrected chi connectivity index (χ2v) is 6.10. The minimum atomic E-state index is -3.85. The van der Waals surface area contributed by atoms with Crippen molar-refractivity contribution in [3.63, 3.8) is 0 Å². The molecule has 0 amide bonds. The van der Waals surface area contributed by atoms with Crippen LogP contribution in [0.25, 0.3) is 0 Å². The molecule has 1 atom stereocenters. The zero-order valence-electron chi connectivity index (χ0n) is 8.69. The van der Waals surface area contributed by atoms with Crippen LogP contribution in [0.15, 0.2) is 29.2 Å². The Morgan fingerprint density at radius 3 is 2.38 bits per heavy atom. The summed E-state index contributed by atoms with van der Waals surface area (Å²) >= 11 is 3.20. The Morgan fingerprint density at radius 2 is 1.94 bits per heavy atom. The molecule has 1 unspecified atom stereocenters. The zero-order valence-corrected chi connectivity index (χ0v) is 11.1. The van der Waals surface area contributed by atoms with Crippen molar-refractivity contribution in [1.82, 2.24) is 0 Å². The Kier molecular flexibility index (Phi) is 4.73. The molecule has 0 spiro atoms. The van der Waals surface area contributed by atoms with Crippen molar-refractivity contribution in [2.45, 2.75) is 17.3 Å². The van der Waals surface area contributed by atoms with Gasteiger partial charge in [0.2, 0.25) is 15.3 Å². The van der Waals surface area contributed by atoms with Crippen molar-refractivity contribution in [1.29, 1.82) is 0 Å². The highest BCUT2D eigenvalue weighted by Crippen LogP contribution is 2.20. The molecular weight excluding hydrogens is 299 g/mol. The summed E-state index contributed by atoms with van der Waals surface area (Å²) in [4.78, 5) is -0.0336. The average molecular weight is 311 g/mol. The van der Waals surface area contributed by atoms with Gasteiger partial charge in [-0.15, -0.1) is 0 Å². The molecule has 0 aliphatic heterocycles. The minimum absolute atomic E-state index is 0.0336. The number of hydrogen-bond acceptors (Lipinski definition) is 3. The van der Waals surface area contributed by atoms with Gasteiger partial charge in [0.15, 0.2) is 0 Å². The van der Waals surface area contributed by atoms with Crippen LogP contribution in [0.2, 0.25) is 0 Å². The number of alkyl halides is 2. The number of rotatable bonds is 5. The van der Waals surface area contributed by atoms with E-state index in [2.05, 4.69) is 15.9 Å². The number of hydrogen-bond donors (Lipinski definition) is 0. The van der Waals surface area contributed by atoms with Crippen molar-refractivity contribution < 1.29 is 17.5 Å². The molecule has 90 valence electrons. The molecule has 3 nitrogen and oxygen atoms in total. The largest absolute Gasteiger partial charge is 0.493 e. The standard InChI is InChI=1S/C10H12BrFO3S/c1-8(12)16(13,14)10-4-2-9(3-5-10)15-7-6-11/h2-5,8H,6-7H2,1H3. The Bertz CT molecular complexity index is 428. The van der Waals surface area contributed by atoms with Crippen molar-refractivity contribution in [3.8, 4) is 5.75 Å². The van der Waals surface area contributed by atoms with Crippen LogP contribution in [-0.2, 0) is 9.84 Å². The molecule has 0 N–H and O–H groups in total. The van der Waals surface area contributed by atoms with E-state index in [1.54, 1.807) is 0 Å². The minimum Gasteiger partial charge on any atom is -0.493 e. The van der Waals surface area contributed by atoms with E-state index in [0.29, 0.717) is 17.7 Å². The molecule has 1 rings (SSSR count). The fourth-order valence-electron chi connectivity index (χ4n) is 1.07. The molecular formula is C10H12BrFO3S.